The number of hydrogen-bond donors (Lipinski definition) is 0. The van der Waals surface area contributed by atoms with Gasteiger partial charge >= 0.3 is 5.97 Å². The second-order valence-corrected chi connectivity index (χ2v) is 7.15. The summed E-state index contributed by atoms with van der Waals surface area (Å²) in [6.45, 7) is 0. The summed E-state index contributed by atoms with van der Waals surface area (Å²) < 4.78 is 5.91. The maximum absolute atomic E-state index is 12.6. The van der Waals surface area contributed by atoms with Crippen LogP contribution in [0.2, 0.25) is 0 Å². The Morgan fingerprint density at radius 3 is 2.33 bits per heavy atom. The summed E-state index contributed by atoms with van der Waals surface area (Å²) in [6, 6.07) is 7.80. The molecule has 2 aliphatic carbocycles. The van der Waals surface area contributed by atoms with Gasteiger partial charge in [0.05, 0.1) is 13.0 Å². The Balaban J connectivity index is 1.71. The number of fused-ring (bicyclic) bond motifs is 1. The molecule has 112 valence electrons. The highest BCUT2D eigenvalue weighted by molar-refractivity contribution is 9.10. The Bertz CT molecular complexity index is 552. The number of methoxy groups -OCH3 is 1. The number of carbonyl (C=O) groups excluding carboxylic acids is 2. The molecule has 0 amide bonds. The fourth-order valence-electron chi connectivity index (χ4n) is 3.57. The minimum Gasteiger partial charge on any atom is -0.469 e. The Kier molecular flexibility index (Phi) is 4.16. The lowest BCUT2D eigenvalue weighted by molar-refractivity contribution is -0.151. The summed E-state index contributed by atoms with van der Waals surface area (Å²) in [4.78, 5) is 24.6. The van der Waals surface area contributed by atoms with E-state index in [1.54, 1.807) is 0 Å². The summed E-state index contributed by atoms with van der Waals surface area (Å²) in [5, 5.41) is 0. The smallest absolute Gasteiger partial charge is 0.309 e. The molecule has 2 saturated carbocycles. The van der Waals surface area contributed by atoms with E-state index in [0.29, 0.717) is 18.3 Å². The molecule has 0 bridgehead atoms. The van der Waals surface area contributed by atoms with Crippen LogP contribution in [0.5, 0.6) is 0 Å². The van der Waals surface area contributed by atoms with Gasteiger partial charge in [-0.2, -0.15) is 0 Å². The lowest BCUT2D eigenvalue weighted by atomic mass is 9.75. The number of Topliss-reactive ketones (excluding diaryl/α,β-unsaturated/α-hetero) is 1. The minimum absolute atomic E-state index is 0.162. The molecule has 0 spiro atoms. The molecule has 0 aliphatic heterocycles. The van der Waals surface area contributed by atoms with E-state index in [9.17, 15) is 9.59 Å². The van der Waals surface area contributed by atoms with Crippen molar-refractivity contribution < 1.29 is 14.3 Å². The van der Waals surface area contributed by atoms with Crippen LogP contribution in [0.1, 0.15) is 24.8 Å². The van der Waals surface area contributed by atoms with Crippen molar-refractivity contribution >= 4 is 27.7 Å². The molecule has 2 aliphatic rings. The monoisotopic (exact) mass is 350 g/mol. The fraction of sp³-hybridized carbons (Fsp3) is 0.529. The van der Waals surface area contributed by atoms with Gasteiger partial charge in [-0.05, 0) is 48.8 Å². The van der Waals surface area contributed by atoms with E-state index in [4.69, 9.17) is 4.74 Å². The first-order valence-corrected chi connectivity index (χ1v) is 8.22. The third-order valence-corrected chi connectivity index (χ3v) is 5.41. The Labute approximate surface area is 133 Å². The molecule has 4 atom stereocenters. The molecular formula is C17H19BrO3. The molecule has 2 fully saturated rings. The molecule has 3 nitrogen and oxygen atoms in total. The van der Waals surface area contributed by atoms with Gasteiger partial charge < -0.3 is 4.74 Å². The first-order valence-electron chi connectivity index (χ1n) is 7.43. The second kappa shape index (κ2) is 5.91. The van der Waals surface area contributed by atoms with Gasteiger partial charge in [-0.1, -0.05) is 28.1 Å². The number of hydrogen-bond acceptors (Lipinski definition) is 3. The van der Waals surface area contributed by atoms with Crippen molar-refractivity contribution in [3.63, 3.8) is 0 Å². The van der Waals surface area contributed by atoms with Crippen LogP contribution in [0, 0.1) is 23.7 Å². The quantitative estimate of drug-likeness (QED) is 0.781. The lowest BCUT2D eigenvalue weighted by Crippen LogP contribution is -2.35. The van der Waals surface area contributed by atoms with Gasteiger partial charge in [0.1, 0.15) is 5.78 Å². The van der Waals surface area contributed by atoms with Crippen molar-refractivity contribution in [2.75, 3.05) is 7.11 Å². The summed E-state index contributed by atoms with van der Waals surface area (Å²) in [7, 11) is 1.41. The third-order valence-electron chi connectivity index (χ3n) is 4.88. The molecule has 0 aromatic heterocycles. The maximum atomic E-state index is 12.6. The number of carbonyl (C=O) groups is 2. The Morgan fingerprint density at radius 2 is 1.71 bits per heavy atom. The highest BCUT2D eigenvalue weighted by Gasteiger charge is 2.50. The van der Waals surface area contributed by atoms with Crippen molar-refractivity contribution in [2.24, 2.45) is 23.7 Å². The van der Waals surface area contributed by atoms with Crippen LogP contribution in [0.25, 0.3) is 0 Å². The van der Waals surface area contributed by atoms with Crippen molar-refractivity contribution in [2.45, 2.75) is 25.7 Å². The molecule has 1 aromatic rings. The molecule has 4 heteroatoms. The largest absolute Gasteiger partial charge is 0.469 e. The number of ketones is 1. The second-order valence-electron chi connectivity index (χ2n) is 6.23. The van der Waals surface area contributed by atoms with Crippen molar-refractivity contribution in [1.29, 1.82) is 0 Å². The predicted molar refractivity (Wildman–Crippen MR) is 82.7 cm³/mol. The third kappa shape index (κ3) is 3.20. The molecule has 21 heavy (non-hydrogen) atoms. The molecule has 0 radical (unpaired) electrons. The van der Waals surface area contributed by atoms with Crippen molar-refractivity contribution in [1.82, 2.24) is 0 Å². The lowest BCUT2D eigenvalue weighted by Gasteiger charge is -2.28. The Morgan fingerprint density at radius 1 is 1.10 bits per heavy atom. The van der Waals surface area contributed by atoms with E-state index in [1.807, 2.05) is 24.3 Å². The first-order chi connectivity index (χ1) is 10.1. The summed E-state index contributed by atoms with van der Waals surface area (Å²) in [5.41, 5.74) is 1.00. The van der Waals surface area contributed by atoms with Crippen LogP contribution in [0.15, 0.2) is 28.7 Å². The van der Waals surface area contributed by atoms with Gasteiger partial charge in [-0.15, -0.1) is 0 Å². The van der Waals surface area contributed by atoms with Crippen LogP contribution in [-0.2, 0) is 20.7 Å². The Hall–Kier alpha value is -1.16. The van der Waals surface area contributed by atoms with E-state index in [0.717, 1.165) is 22.9 Å². The normalized spacial score (nSPS) is 30.4. The molecule has 3 rings (SSSR count). The molecule has 1 aromatic carbocycles. The minimum atomic E-state index is -0.235. The number of benzene rings is 1. The van der Waals surface area contributed by atoms with E-state index in [-0.39, 0.29) is 23.6 Å². The van der Waals surface area contributed by atoms with Crippen molar-refractivity contribution in [3.05, 3.63) is 34.3 Å². The van der Waals surface area contributed by atoms with Gasteiger partial charge in [0, 0.05) is 16.8 Å². The highest BCUT2D eigenvalue weighted by Crippen LogP contribution is 2.54. The van der Waals surface area contributed by atoms with E-state index >= 15 is 0 Å². The zero-order valence-corrected chi connectivity index (χ0v) is 13.6. The van der Waals surface area contributed by atoms with E-state index < -0.39 is 0 Å². The number of esters is 1. The van der Waals surface area contributed by atoms with E-state index in [1.165, 1.54) is 13.5 Å². The van der Waals surface area contributed by atoms with Crippen molar-refractivity contribution in [3.8, 4) is 0 Å². The maximum Gasteiger partial charge on any atom is 0.309 e. The van der Waals surface area contributed by atoms with Gasteiger partial charge in [-0.25, -0.2) is 0 Å². The van der Waals surface area contributed by atoms with Crippen LogP contribution in [0.3, 0.4) is 0 Å². The molecule has 0 N–H and O–H groups in total. The average molecular weight is 351 g/mol. The van der Waals surface area contributed by atoms with Gasteiger partial charge in [0.15, 0.2) is 0 Å². The topological polar surface area (TPSA) is 43.4 Å². The molecule has 0 heterocycles. The van der Waals surface area contributed by atoms with Crippen LogP contribution < -0.4 is 0 Å². The van der Waals surface area contributed by atoms with Crippen LogP contribution in [0.4, 0.5) is 0 Å². The average Bonchev–Trinajstić information content (AvgIpc) is 3.25. The zero-order valence-electron chi connectivity index (χ0n) is 12.0. The SMILES string of the molecule is COC(=O)C1CC2CC2CC1C(=O)Cc1ccc(Br)cc1. The predicted octanol–water partition coefficient (Wildman–Crippen LogP) is 3.40. The fourth-order valence-corrected chi connectivity index (χ4v) is 3.84. The van der Waals surface area contributed by atoms with Gasteiger partial charge in [0.2, 0.25) is 0 Å². The number of rotatable bonds is 4. The molecule has 4 unspecified atom stereocenters. The standard InChI is InChI=1S/C17H19BrO3/c1-21-17(20)15-9-12-7-11(12)8-14(15)16(19)6-10-2-4-13(18)5-3-10/h2-5,11-12,14-15H,6-9H2,1H3. The first kappa shape index (κ1) is 14.8. The van der Waals surface area contributed by atoms with Gasteiger partial charge in [0.25, 0.3) is 0 Å². The van der Waals surface area contributed by atoms with Crippen LogP contribution >= 0.6 is 15.9 Å². The number of ether oxygens (including phenoxy) is 1. The summed E-state index contributed by atoms with van der Waals surface area (Å²) in [5.74, 6) is 0.870. The highest BCUT2D eigenvalue weighted by atomic mass is 79.9. The van der Waals surface area contributed by atoms with Crippen LogP contribution in [-0.4, -0.2) is 18.9 Å². The van der Waals surface area contributed by atoms with E-state index in [2.05, 4.69) is 15.9 Å². The summed E-state index contributed by atoms with van der Waals surface area (Å²) >= 11 is 3.39. The summed E-state index contributed by atoms with van der Waals surface area (Å²) in [6.07, 6.45) is 3.27. The zero-order chi connectivity index (χ0) is 15.0. The molecule has 0 saturated heterocycles. The number of halogens is 1. The molecular weight excluding hydrogens is 332 g/mol. The van der Waals surface area contributed by atoms with Gasteiger partial charge in [-0.3, -0.25) is 9.59 Å².